The van der Waals surface area contributed by atoms with Crippen LogP contribution in [-0.2, 0) is 4.74 Å². The molecule has 136 valence electrons. The molecule has 0 spiro atoms. The predicted octanol–water partition coefficient (Wildman–Crippen LogP) is 4.48. The molecule has 0 radical (unpaired) electrons. The second-order valence-electron chi connectivity index (χ2n) is 8.31. The highest BCUT2D eigenvalue weighted by Crippen LogP contribution is 2.27. The normalized spacial score (nSPS) is 19.4. The van der Waals surface area contributed by atoms with E-state index < -0.39 is 5.60 Å². The van der Waals surface area contributed by atoms with Crippen molar-refractivity contribution >= 4 is 6.09 Å². The van der Waals surface area contributed by atoms with Crippen LogP contribution in [-0.4, -0.2) is 30.3 Å². The molecule has 0 aromatic heterocycles. The standard InChI is InChI=1S/C19H38N2O2/c1-7-16(14(2)3)21-17(15-11-9-8-10-12-15)13-20-18(22)23-19(4,5)6/h14-17,21H,7-13H2,1-6H3,(H,20,22). The molecule has 2 atom stereocenters. The van der Waals surface area contributed by atoms with Gasteiger partial charge < -0.3 is 15.4 Å². The third-order valence-corrected chi connectivity index (χ3v) is 4.76. The van der Waals surface area contributed by atoms with E-state index in [9.17, 15) is 4.79 Å². The summed E-state index contributed by atoms with van der Waals surface area (Å²) in [5.41, 5.74) is -0.443. The van der Waals surface area contributed by atoms with Gasteiger partial charge in [-0.05, 0) is 51.9 Å². The van der Waals surface area contributed by atoms with Gasteiger partial charge in [0.25, 0.3) is 0 Å². The number of carbonyl (C=O) groups is 1. The molecule has 2 N–H and O–H groups in total. The van der Waals surface area contributed by atoms with Crippen molar-refractivity contribution in [3.8, 4) is 0 Å². The van der Waals surface area contributed by atoms with E-state index in [0.29, 0.717) is 30.5 Å². The quantitative estimate of drug-likeness (QED) is 0.725. The van der Waals surface area contributed by atoms with Crippen LogP contribution in [0.25, 0.3) is 0 Å². The van der Waals surface area contributed by atoms with Gasteiger partial charge in [0.05, 0.1) is 0 Å². The van der Waals surface area contributed by atoms with E-state index in [0.717, 1.165) is 6.42 Å². The highest BCUT2D eigenvalue weighted by atomic mass is 16.6. The van der Waals surface area contributed by atoms with Crippen LogP contribution in [0.15, 0.2) is 0 Å². The number of alkyl carbamates (subject to hydrolysis) is 1. The van der Waals surface area contributed by atoms with E-state index in [1.807, 2.05) is 20.8 Å². The second kappa shape index (κ2) is 9.51. The van der Waals surface area contributed by atoms with Crippen LogP contribution < -0.4 is 10.6 Å². The minimum Gasteiger partial charge on any atom is -0.444 e. The fourth-order valence-electron chi connectivity index (χ4n) is 3.46. The van der Waals surface area contributed by atoms with E-state index in [1.54, 1.807) is 0 Å². The Bertz CT molecular complexity index is 344. The average molecular weight is 327 g/mol. The fraction of sp³-hybridized carbons (Fsp3) is 0.947. The molecule has 23 heavy (non-hydrogen) atoms. The first-order valence-electron chi connectivity index (χ1n) is 9.45. The molecule has 4 nitrogen and oxygen atoms in total. The number of amides is 1. The molecule has 2 unspecified atom stereocenters. The Morgan fingerprint density at radius 2 is 1.78 bits per heavy atom. The molecule has 1 aliphatic rings. The van der Waals surface area contributed by atoms with Crippen molar-refractivity contribution in [3.05, 3.63) is 0 Å². The highest BCUT2D eigenvalue weighted by molar-refractivity contribution is 5.67. The van der Waals surface area contributed by atoms with E-state index in [1.165, 1.54) is 32.1 Å². The molecule has 0 bridgehead atoms. The lowest BCUT2D eigenvalue weighted by Gasteiger charge is -2.35. The average Bonchev–Trinajstić information content (AvgIpc) is 2.46. The molecule has 1 aliphatic carbocycles. The summed E-state index contributed by atoms with van der Waals surface area (Å²) >= 11 is 0. The van der Waals surface area contributed by atoms with Crippen molar-refractivity contribution in [1.29, 1.82) is 0 Å². The highest BCUT2D eigenvalue weighted by Gasteiger charge is 2.27. The molecule has 0 heterocycles. The Kier molecular flexibility index (Phi) is 8.38. The van der Waals surface area contributed by atoms with Crippen LogP contribution in [0, 0.1) is 11.8 Å². The molecular weight excluding hydrogens is 288 g/mol. The van der Waals surface area contributed by atoms with Gasteiger partial charge in [0.15, 0.2) is 0 Å². The minimum absolute atomic E-state index is 0.308. The Morgan fingerprint density at radius 3 is 2.26 bits per heavy atom. The van der Waals surface area contributed by atoms with Crippen LogP contribution >= 0.6 is 0 Å². The van der Waals surface area contributed by atoms with E-state index in [2.05, 4.69) is 31.4 Å². The van der Waals surface area contributed by atoms with Crippen LogP contribution in [0.3, 0.4) is 0 Å². The van der Waals surface area contributed by atoms with Crippen molar-refractivity contribution in [3.63, 3.8) is 0 Å². The Labute approximate surface area is 143 Å². The maximum Gasteiger partial charge on any atom is 0.407 e. The van der Waals surface area contributed by atoms with E-state index >= 15 is 0 Å². The lowest BCUT2D eigenvalue weighted by Crippen LogP contribution is -2.51. The summed E-state index contributed by atoms with van der Waals surface area (Å²) in [4.78, 5) is 12.0. The summed E-state index contributed by atoms with van der Waals surface area (Å²) in [6.07, 6.45) is 7.32. The van der Waals surface area contributed by atoms with Gasteiger partial charge in [-0.25, -0.2) is 4.79 Å². The van der Waals surface area contributed by atoms with E-state index in [4.69, 9.17) is 4.74 Å². The van der Waals surface area contributed by atoms with Crippen molar-refractivity contribution in [2.45, 2.75) is 97.8 Å². The monoisotopic (exact) mass is 326 g/mol. The molecular formula is C19H38N2O2. The largest absolute Gasteiger partial charge is 0.444 e. The van der Waals surface area contributed by atoms with Crippen molar-refractivity contribution in [2.24, 2.45) is 11.8 Å². The molecule has 1 saturated carbocycles. The lowest BCUT2D eigenvalue weighted by atomic mass is 9.83. The van der Waals surface area contributed by atoms with Crippen molar-refractivity contribution < 1.29 is 9.53 Å². The predicted molar refractivity (Wildman–Crippen MR) is 96.7 cm³/mol. The zero-order valence-electron chi connectivity index (χ0n) is 16.1. The molecule has 0 aromatic carbocycles. The third kappa shape index (κ3) is 8.05. The summed E-state index contributed by atoms with van der Waals surface area (Å²) < 4.78 is 5.38. The number of carbonyl (C=O) groups excluding carboxylic acids is 1. The first kappa shape index (κ1) is 20.3. The summed E-state index contributed by atoms with van der Waals surface area (Å²) in [5.74, 6) is 1.26. The number of hydrogen-bond donors (Lipinski definition) is 2. The van der Waals surface area contributed by atoms with Gasteiger partial charge in [0.1, 0.15) is 5.60 Å². The van der Waals surface area contributed by atoms with Crippen LogP contribution in [0.5, 0.6) is 0 Å². The number of rotatable bonds is 7. The molecule has 4 heteroatoms. The Balaban J connectivity index is 2.61. The van der Waals surface area contributed by atoms with Gasteiger partial charge in [-0.2, -0.15) is 0 Å². The third-order valence-electron chi connectivity index (χ3n) is 4.76. The maximum atomic E-state index is 12.0. The number of ether oxygens (including phenoxy) is 1. The summed E-state index contributed by atoms with van der Waals surface area (Å²) in [6.45, 7) is 13.1. The molecule has 1 amide bonds. The zero-order valence-corrected chi connectivity index (χ0v) is 16.1. The summed E-state index contributed by atoms with van der Waals surface area (Å²) in [7, 11) is 0. The van der Waals surface area contributed by atoms with Gasteiger partial charge >= 0.3 is 6.09 Å². The van der Waals surface area contributed by atoms with Gasteiger partial charge in [-0.3, -0.25) is 0 Å². The number of hydrogen-bond acceptors (Lipinski definition) is 3. The van der Waals surface area contributed by atoms with Crippen LogP contribution in [0.2, 0.25) is 0 Å². The van der Waals surface area contributed by atoms with Crippen LogP contribution in [0.4, 0.5) is 4.79 Å². The second-order valence-corrected chi connectivity index (χ2v) is 8.31. The van der Waals surface area contributed by atoms with Gasteiger partial charge in [-0.1, -0.05) is 40.0 Å². The fourth-order valence-corrected chi connectivity index (χ4v) is 3.46. The number of nitrogens with one attached hydrogen (secondary N) is 2. The molecule has 1 rings (SSSR count). The smallest absolute Gasteiger partial charge is 0.407 e. The topological polar surface area (TPSA) is 50.4 Å². The first-order chi connectivity index (χ1) is 10.7. The van der Waals surface area contributed by atoms with Crippen molar-refractivity contribution in [2.75, 3.05) is 6.54 Å². The minimum atomic E-state index is -0.443. The van der Waals surface area contributed by atoms with Crippen LogP contribution in [0.1, 0.15) is 80.1 Å². The zero-order chi connectivity index (χ0) is 17.5. The molecule has 0 saturated heterocycles. The Hall–Kier alpha value is -0.770. The molecule has 1 fully saturated rings. The molecule has 0 aromatic rings. The Morgan fingerprint density at radius 1 is 1.17 bits per heavy atom. The summed E-state index contributed by atoms with van der Waals surface area (Å²) in [6, 6.07) is 0.845. The van der Waals surface area contributed by atoms with Gasteiger partial charge in [0.2, 0.25) is 0 Å². The maximum absolute atomic E-state index is 12.0. The molecule has 0 aliphatic heterocycles. The lowest BCUT2D eigenvalue weighted by molar-refractivity contribution is 0.0513. The van der Waals surface area contributed by atoms with Gasteiger partial charge in [0, 0.05) is 18.6 Å². The summed E-state index contributed by atoms with van der Waals surface area (Å²) in [5, 5.41) is 6.80. The van der Waals surface area contributed by atoms with Crippen molar-refractivity contribution in [1.82, 2.24) is 10.6 Å². The van der Waals surface area contributed by atoms with Gasteiger partial charge in [-0.15, -0.1) is 0 Å². The first-order valence-corrected chi connectivity index (χ1v) is 9.45. The van der Waals surface area contributed by atoms with E-state index in [-0.39, 0.29) is 6.09 Å². The SMILES string of the molecule is CCC(NC(CNC(=O)OC(C)(C)C)C1CCCCC1)C(C)C.